The van der Waals surface area contributed by atoms with Gasteiger partial charge in [-0.3, -0.25) is 4.79 Å². The summed E-state index contributed by atoms with van der Waals surface area (Å²) in [6.07, 6.45) is -0.726. The first-order chi connectivity index (χ1) is 16.1. The van der Waals surface area contributed by atoms with Crippen LogP contribution >= 0.6 is 0 Å². The van der Waals surface area contributed by atoms with E-state index in [4.69, 9.17) is 9.90 Å². The summed E-state index contributed by atoms with van der Waals surface area (Å²) in [5, 5.41) is 7.12. The Bertz CT molecular complexity index is 1020. The van der Waals surface area contributed by atoms with E-state index in [1.165, 1.54) is 31.0 Å². The zero-order chi connectivity index (χ0) is 24.9. The molecule has 2 fully saturated rings. The van der Waals surface area contributed by atoms with Gasteiger partial charge >= 0.3 is 12.1 Å². The van der Waals surface area contributed by atoms with Crippen molar-refractivity contribution in [1.29, 1.82) is 0 Å². The first-order valence-electron chi connectivity index (χ1n) is 11.0. The van der Waals surface area contributed by atoms with E-state index < -0.39 is 23.8 Å². The minimum Gasteiger partial charge on any atom is -0.475 e. The van der Waals surface area contributed by atoms with Crippen molar-refractivity contribution < 1.29 is 36.6 Å². The molecule has 0 saturated carbocycles. The molecule has 1 unspecified atom stereocenters. The lowest BCUT2D eigenvalue weighted by atomic mass is 10.0. The van der Waals surface area contributed by atoms with Crippen LogP contribution in [-0.4, -0.2) is 65.2 Å². The molecular formula is C24H25F5N2O3. The molecule has 34 heavy (non-hydrogen) atoms. The summed E-state index contributed by atoms with van der Waals surface area (Å²) in [6.45, 7) is 3.72. The quantitative estimate of drug-likeness (QED) is 0.623. The van der Waals surface area contributed by atoms with Gasteiger partial charge in [0.2, 0.25) is 0 Å². The fourth-order valence-electron chi connectivity index (χ4n) is 4.26. The first-order valence-corrected chi connectivity index (χ1v) is 11.0. The van der Waals surface area contributed by atoms with Gasteiger partial charge in [-0.25, -0.2) is 13.6 Å². The molecule has 0 aliphatic carbocycles. The highest BCUT2D eigenvalue weighted by atomic mass is 19.4. The van der Waals surface area contributed by atoms with E-state index in [1.807, 2.05) is 4.90 Å². The summed E-state index contributed by atoms with van der Waals surface area (Å²) in [5.41, 5.74) is 0.851. The molecule has 184 valence electrons. The van der Waals surface area contributed by atoms with Crippen molar-refractivity contribution in [3.63, 3.8) is 0 Å². The van der Waals surface area contributed by atoms with Gasteiger partial charge in [0.15, 0.2) is 0 Å². The number of benzene rings is 2. The number of hydrogen-bond donors (Lipinski definition) is 1. The zero-order valence-electron chi connectivity index (χ0n) is 18.3. The molecule has 2 heterocycles. The number of halogens is 5. The number of hydrogen-bond acceptors (Lipinski definition) is 3. The Hall–Kier alpha value is -3.01. The monoisotopic (exact) mass is 484 g/mol. The lowest BCUT2D eigenvalue weighted by molar-refractivity contribution is -0.192. The van der Waals surface area contributed by atoms with Gasteiger partial charge in [0.05, 0.1) is 5.56 Å². The van der Waals surface area contributed by atoms with Crippen LogP contribution in [0.25, 0.3) is 11.1 Å². The molecule has 2 saturated heterocycles. The van der Waals surface area contributed by atoms with Crippen LogP contribution in [0.5, 0.6) is 0 Å². The van der Waals surface area contributed by atoms with E-state index in [2.05, 4.69) is 4.90 Å². The van der Waals surface area contributed by atoms with Crippen molar-refractivity contribution in [2.45, 2.75) is 37.9 Å². The average Bonchev–Trinajstić information content (AvgIpc) is 3.46. The second-order valence-corrected chi connectivity index (χ2v) is 8.28. The molecule has 2 aromatic rings. The summed E-state index contributed by atoms with van der Waals surface area (Å²) >= 11 is 0. The van der Waals surface area contributed by atoms with Gasteiger partial charge in [-0.2, -0.15) is 13.2 Å². The van der Waals surface area contributed by atoms with Gasteiger partial charge < -0.3 is 14.9 Å². The van der Waals surface area contributed by atoms with Crippen molar-refractivity contribution in [1.82, 2.24) is 9.80 Å². The Balaban J connectivity index is 0.000000406. The molecular weight excluding hydrogens is 459 g/mol. The van der Waals surface area contributed by atoms with Crippen molar-refractivity contribution in [3.8, 4) is 11.1 Å². The van der Waals surface area contributed by atoms with Crippen LogP contribution in [0.2, 0.25) is 0 Å². The van der Waals surface area contributed by atoms with Gasteiger partial charge in [0.25, 0.3) is 5.91 Å². The molecule has 10 heteroatoms. The topological polar surface area (TPSA) is 60.9 Å². The maximum absolute atomic E-state index is 14.7. The predicted octanol–water partition coefficient (Wildman–Crippen LogP) is 4.97. The number of alkyl halides is 3. The van der Waals surface area contributed by atoms with E-state index >= 15 is 0 Å². The predicted molar refractivity (Wildman–Crippen MR) is 115 cm³/mol. The fourth-order valence-corrected chi connectivity index (χ4v) is 4.26. The first kappa shape index (κ1) is 25.6. The maximum Gasteiger partial charge on any atom is 0.490 e. The molecule has 1 amide bonds. The van der Waals surface area contributed by atoms with Gasteiger partial charge in [-0.15, -0.1) is 0 Å². The molecule has 2 aromatic carbocycles. The largest absolute Gasteiger partial charge is 0.490 e. The van der Waals surface area contributed by atoms with Gasteiger partial charge in [0, 0.05) is 24.7 Å². The van der Waals surface area contributed by atoms with E-state index in [0.717, 1.165) is 32.5 Å². The van der Waals surface area contributed by atoms with E-state index in [0.29, 0.717) is 17.7 Å². The smallest absolute Gasteiger partial charge is 0.475 e. The normalized spacial score (nSPS) is 18.5. The van der Waals surface area contributed by atoms with Crippen molar-refractivity contribution in [2.75, 3.05) is 26.2 Å². The fraction of sp³-hybridized carbons (Fsp3) is 0.417. The summed E-state index contributed by atoms with van der Waals surface area (Å²) in [7, 11) is 0. The molecule has 0 aromatic heterocycles. The van der Waals surface area contributed by atoms with Gasteiger partial charge in [-0.1, -0.05) is 24.3 Å². The third-order valence-electron chi connectivity index (χ3n) is 5.93. The number of likely N-dealkylation sites (tertiary alicyclic amines) is 2. The Morgan fingerprint density at radius 2 is 1.59 bits per heavy atom. The molecule has 0 spiro atoms. The lowest BCUT2D eigenvalue weighted by Gasteiger charge is -2.28. The average molecular weight is 484 g/mol. The molecule has 2 aliphatic rings. The SMILES string of the molecule is O=C(O)C(F)(F)F.O=C(c1ccc(-c2ccccc2F)cc1F)N1CCCC1CN1CCCC1. The number of carboxylic acid groups (broad SMARTS) is 1. The highest BCUT2D eigenvalue weighted by molar-refractivity contribution is 5.95. The van der Waals surface area contributed by atoms with E-state index in [1.54, 1.807) is 24.3 Å². The second-order valence-electron chi connectivity index (χ2n) is 8.28. The minimum absolute atomic E-state index is 0.0726. The van der Waals surface area contributed by atoms with Crippen molar-refractivity contribution >= 4 is 11.9 Å². The Labute approximate surface area is 193 Å². The molecule has 2 aliphatic heterocycles. The van der Waals surface area contributed by atoms with Crippen LogP contribution < -0.4 is 0 Å². The molecule has 0 bridgehead atoms. The number of carboxylic acids is 1. The van der Waals surface area contributed by atoms with Gasteiger partial charge in [0.1, 0.15) is 11.6 Å². The lowest BCUT2D eigenvalue weighted by Crippen LogP contribution is -2.42. The standard InChI is InChI=1S/C22H24F2N2O.C2HF3O2/c23-20-8-2-1-7-18(20)16-9-10-19(21(24)14-16)22(27)26-13-5-6-17(26)15-25-11-3-4-12-25;3-2(4,5)1(6)7/h1-2,7-10,14,17H,3-6,11-13,15H2;(H,6,7). The molecule has 0 radical (unpaired) electrons. The Kier molecular flexibility index (Phi) is 8.24. The number of carbonyl (C=O) groups excluding carboxylic acids is 1. The van der Waals surface area contributed by atoms with E-state index in [9.17, 15) is 26.7 Å². The third-order valence-corrected chi connectivity index (χ3v) is 5.93. The number of aliphatic carboxylic acids is 1. The summed E-state index contributed by atoms with van der Waals surface area (Å²) < 4.78 is 60.4. The van der Waals surface area contributed by atoms with Crippen LogP contribution in [0.3, 0.4) is 0 Å². The third kappa shape index (κ3) is 6.31. The molecule has 1 atom stereocenters. The number of amides is 1. The highest BCUT2D eigenvalue weighted by Gasteiger charge is 2.38. The molecule has 5 nitrogen and oxygen atoms in total. The highest BCUT2D eigenvalue weighted by Crippen LogP contribution is 2.27. The zero-order valence-corrected chi connectivity index (χ0v) is 18.3. The maximum atomic E-state index is 14.7. The van der Waals surface area contributed by atoms with Crippen LogP contribution in [0.4, 0.5) is 22.0 Å². The Morgan fingerprint density at radius 1 is 0.941 bits per heavy atom. The Morgan fingerprint density at radius 3 is 2.18 bits per heavy atom. The van der Waals surface area contributed by atoms with E-state index in [-0.39, 0.29) is 17.5 Å². The second kappa shape index (κ2) is 10.9. The van der Waals surface area contributed by atoms with Crippen LogP contribution in [0, 0.1) is 11.6 Å². The number of nitrogens with zero attached hydrogens (tertiary/aromatic N) is 2. The summed E-state index contributed by atoms with van der Waals surface area (Å²) in [4.78, 5) is 26.1. The minimum atomic E-state index is -5.08. The number of carbonyl (C=O) groups is 2. The molecule has 4 rings (SSSR count). The van der Waals surface area contributed by atoms with Crippen molar-refractivity contribution in [3.05, 3.63) is 59.7 Å². The van der Waals surface area contributed by atoms with Gasteiger partial charge in [-0.05, 0) is 62.5 Å². The summed E-state index contributed by atoms with van der Waals surface area (Å²) in [5.74, 6) is -4.00. The van der Waals surface area contributed by atoms with Crippen LogP contribution in [0.15, 0.2) is 42.5 Å². The van der Waals surface area contributed by atoms with Crippen LogP contribution in [-0.2, 0) is 4.79 Å². The number of rotatable bonds is 4. The van der Waals surface area contributed by atoms with Crippen molar-refractivity contribution in [2.24, 2.45) is 0 Å². The molecule has 1 N–H and O–H groups in total. The van der Waals surface area contributed by atoms with Crippen LogP contribution in [0.1, 0.15) is 36.0 Å². The summed E-state index contributed by atoms with van der Waals surface area (Å²) in [6, 6.07) is 10.8.